The van der Waals surface area contributed by atoms with Crippen molar-refractivity contribution in [2.75, 3.05) is 6.61 Å². The van der Waals surface area contributed by atoms with E-state index in [1.54, 1.807) is 0 Å². The Morgan fingerprint density at radius 2 is 0.636 bits per heavy atom. The van der Waals surface area contributed by atoms with E-state index in [-0.39, 0.29) is 0 Å². The Morgan fingerprint density at radius 3 is 0.955 bits per heavy atom. The Labute approximate surface area is 411 Å². The van der Waals surface area contributed by atoms with E-state index in [0.29, 0.717) is 19.3 Å². The van der Waals surface area contributed by atoms with Gasteiger partial charge in [-0.1, -0.05) is 281 Å². The van der Waals surface area contributed by atoms with Gasteiger partial charge in [-0.05, 0) is 64.2 Å². The molecule has 0 aliphatic rings. The first kappa shape index (κ1) is 64.5. The number of aliphatic hydroxyl groups is 4. The molecule has 0 aromatic carbocycles. The summed E-state index contributed by atoms with van der Waals surface area (Å²) in [4.78, 5) is 12.6. The molecule has 4 atom stereocenters. The molecular weight excluding hydrogens is 815 g/mol. The summed E-state index contributed by atoms with van der Waals surface area (Å²) in [5.74, 6) is -0.594. The Morgan fingerprint density at radius 1 is 0.364 bits per heavy atom. The average molecular weight is 931 g/mol. The molecule has 0 radical (unpaired) electrons. The van der Waals surface area contributed by atoms with Crippen molar-refractivity contribution in [1.29, 1.82) is 0 Å². The maximum absolute atomic E-state index is 12.6. The van der Waals surface area contributed by atoms with Gasteiger partial charge < -0.3 is 25.7 Å². The number of carbonyl (C=O) groups is 1. The van der Waals surface area contributed by atoms with Crippen LogP contribution in [0.15, 0.2) is 36.5 Å². The second-order valence-corrected chi connectivity index (χ2v) is 20.3. The minimum Gasteiger partial charge on any atom is -0.394 e. The van der Waals surface area contributed by atoms with Crippen LogP contribution in [0.4, 0.5) is 0 Å². The highest BCUT2D eigenvalue weighted by atomic mass is 16.3. The fourth-order valence-electron chi connectivity index (χ4n) is 9.20. The van der Waals surface area contributed by atoms with Crippen molar-refractivity contribution in [1.82, 2.24) is 5.32 Å². The van der Waals surface area contributed by atoms with Crippen LogP contribution in [0.2, 0.25) is 0 Å². The molecule has 390 valence electrons. The van der Waals surface area contributed by atoms with Gasteiger partial charge >= 0.3 is 0 Å². The fraction of sp³-hybridized carbons (Fsp3) is 0.883. The monoisotopic (exact) mass is 930 g/mol. The third-order valence-corrected chi connectivity index (χ3v) is 13.8. The van der Waals surface area contributed by atoms with Gasteiger partial charge in [0.1, 0.15) is 12.2 Å². The summed E-state index contributed by atoms with van der Waals surface area (Å²) in [7, 11) is 0. The van der Waals surface area contributed by atoms with Gasteiger partial charge in [0.15, 0.2) is 0 Å². The van der Waals surface area contributed by atoms with Crippen molar-refractivity contribution >= 4 is 5.91 Å². The largest absolute Gasteiger partial charge is 0.394 e. The number of hydrogen-bond donors (Lipinski definition) is 5. The Kier molecular flexibility index (Phi) is 53.3. The molecule has 0 saturated carbocycles. The molecule has 0 aromatic rings. The maximum Gasteiger partial charge on any atom is 0.249 e. The first-order valence-corrected chi connectivity index (χ1v) is 29.4. The topological polar surface area (TPSA) is 110 Å². The van der Waals surface area contributed by atoms with Gasteiger partial charge in [0.2, 0.25) is 5.91 Å². The van der Waals surface area contributed by atoms with Crippen LogP contribution in [0.3, 0.4) is 0 Å². The van der Waals surface area contributed by atoms with E-state index >= 15 is 0 Å². The van der Waals surface area contributed by atoms with Crippen LogP contribution in [0.1, 0.15) is 309 Å². The normalized spacial score (nSPS) is 14.0. The van der Waals surface area contributed by atoms with Crippen LogP contribution in [-0.2, 0) is 4.79 Å². The second kappa shape index (κ2) is 54.5. The first-order chi connectivity index (χ1) is 32.5. The molecule has 6 heteroatoms. The minimum atomic E-state index is -1.29. The van der Waals surface area contributed by atoms with Crippen molar-refractivity contribution in [3.05, 3.63) is 36.5 Å². The lowest BCUT2D eigenvalue weighted by atomic mass is 10.00. The SMILES string of the molecule is CCCCCCCCCCCCC/C=C/CC/C=C/CC/C=C/CCCC(O)C(O)C(CO)NC(=O)C(O)CCCCCCCCCCCCCCCCCCCCCCCCCCCC. The van der Waals surface area contributed by atoms with Gasteiger partial charge in [0.25, 0.3) is 0 Å². The molecule has 66 heavy (non-hydrogen) atoms. The predicted molar refractivity (Wildman–Crippen MR) is 288 cm³/mol. The number of carbonyl (C=O) groups excluding carboxylic acids is 1. The zero-order chi connectivity index (χ0) is 48.1. The number of aliphatic hydroxyl groups excluding tert-OH is 4. The molecule has 0 aromatic heterocycles. The summed E-state index contributed by atoms with van der Waals surface area (Å²) in [6.45, 7) is 4.07. The second-order valence-electron chi connectivity index (χ2n) is 20.3. The fourth-order valence-corrected chi connectivity index (χ4v) is 9.20. The van der Waals surface area contributed by atoms with E-state index in [1.807, 2.05) is 0 Å². The Hall–Kier alpha value is -1.47. The molecule has 5 N–H and O–H groups in total. The molecule has 0 heterocycles. The molecule has 0 aliphatic heterocycles. The summed E-state index contributed by atoms with van der Waals surface area (Å²) in [5, 5.41) is 44.0. The van der Waals surface area contributed by atoms with E-state index in [0.717, 1.165) is 51.4 Å². The lowest BCUT2D eigenvalue weighted by Gasteiger charge is -2.27. The van der Waals surface area contributed by atoms with Gasteiger partial charge in [0, 0.05) is 0 Å². The van der Waals surface area contributed by atoms with Crippen LogP contribution in [-0.4, -0.2) is 57.3 Å². The van der Waals surface area contributed by atoms with Gasteiger partial charge in [-0.3, -0.25) is 4.79 Å². The summed E-state index contributed by atoms with van der Waals surface area (Å²) < 4.78 is 0. The van der Waals surface area contributed by atoms with Crippen LogP contribution in [0.25, 0.3) is 0 Å². The Balaban J connectivity index is 3.67. The molecule has 6 nitrogen and oxygen atoms in total. The van der Waals surface area contributed by atoms with Gasteiger partial charge in [-0.15, -0.1) is 0 Å². The standard InChI is InChI=1S/C60H115NO5/c1-3-5-7-9-11-13-15-17-19-21-23-25-27-29-30-32-34-36-38-40-42-44-46-48-50-52-54-58(64)60(66)61-56(55-62)59(65)57(63)53-51-49-47-45-43-41-39-37-35-33-31-28-26-24-22-20-18-16-14-12-10-8-6-4-2/h28,31,37,39,45,47,56-59,62-65H,3-27,29-30,32-36,38,40-44,46,48-55H2,1-2H3,(H,61,66)/b31-28+,39-37+,47-45+. The quantitative estimate of drug-likeness (QED) is 0.0308. The molecule has 0 spiro atoms. The van der Waals surface area contributed by atoms with Crippen molar-refractivity contribution in [3.8, 4) is 0 Å². The lowest BCUT2D eigenvalue weighted by Crippen LogP contribution is -2.53. The van der Waals surface area contributed by atoms with E-state index in [1.165, 1.54) is 225 Å². The molecule has 4 unspecified atom stereocenters. The first-order valence-electron chi connectivity index (χ1n) is 29.4. The minimum absolute atomic E-state index is 0.362. The van der Waals surface area contributed by atoms with Crippen molar-refractivity contribution in [2.24, 2.45) is 0 Å². The van der Waals surface area contributed by atoms with Gasteiger partial charge in [0.05, 0.1) is 18.8 Å². The summed E-state index contributed by atoms with van der Waals surface area (Å²) in [6, 6.07) is -1.01. The number of rotatable bonds is 54. The summed E-state index contributed by atoms with van der Waals surface area (Å²) >= 11 is 0. The average Bonchev–Trinajstić information content (AvgIpc) is 3.32. The highest BCUT2D eigenvalue weighted by Gasteiger charge is 2.28. The Bertz CT molecular complexity index is 1040. The van der Waals surface area contributed by atoms with Crippen LogP contribution < -0.4 is 5.32 Å². The number of nitrogens with one attached hydrogen (secondary N) is 1. The van der Waals surface area contributed by atoms with Gasteiger partial charge in [-0.2, -0.15) is 0 Å². The van der Waals surface area contributed by atoms with Crippen molar-refractivity contribution in [2.45, 2.75) is 334 Å². The molecular formula is C60H115NO5. The number of hydrogen-bond acceptors (Lipinski definition) is 5. The molecule has 0 rings (SSSR count). The van der Waals surface area contributed by atoms with Crippen molar-refractivity contribution < 1.29 is 25.2 Å². The van der Waals surface area contributed by atoms with E-state index in [2.05, 4.69) is 55.6 Å². The lowest BCUT2D eigenvalue weighted by molar-refractivity contribution is -0.132. The number of amides is 1. The molecule has 0 fully saturated rings. The molecule has 0 aliphatic carbocycles. The van der Waals surface area contributed by atoms with Crippen LogP contribution in [0, 0.1) is 0 Å². The smallest absolute Gasteiger partial charge is 0.249 e. The third kappa shape index (κ3) is 47.6. The van der Waals surface area contributed by atoms with E-state index in [9.17, 15) is 25.2 Å². The summed E-state index contributed by atoms with van der Waals surface area (Å²) in [6.07, 6.45) is 67.9. The molecule has 1 amide bonds. The molecule has 0 saturated heterocycles. The van der Waals surface area contributed by atoms with Crippen LogP contribution in [0.5, 0.6) is 0 Å². The highest BCUT2D eigenvalue weighted by Crippen LogP contribution is 2.18. The maximum atomic E-state index is 12.6. The number of unbranched alkanes of at least 4 members (excludes halogenated alkanes) is 39. The van der Waals surface area contributed by atoms with Crippen LogP contribution >= 0.6 is 0 Å². The predicted octanol–water partition coefficient (Wildman–Crippen LogP) is 17.2. The third-order valence-electron chi connectivity index (χ3n) is 13.8. The van der Waals surface area contributed by atoms with Crippen molar-refractivity contribution in [3.63, 3.8) is 0 Å². The van der Waals surface area contributed by atoms with E-state index < -0.39 is 36.9 Å². The zero-order valence-corrected chi connectivity index (χ0v) is 44.2. The van der Waals surface area contributed by atoms with E-state index in [4.69, 9.17) is 0 Å². The zero-order valence-electron chi connectivity index (χ0n) is 44.2. The summed E-state index contributed by atoms with van der Waals surface area (Å²) in [5.41, 5.74) is 0. The highest BCUT2D eigenvalue weighted by molar-refractivity contribution is 5.80. The number of allylic oxidation sites excluding steroid dienone is 6. The van der Waals surface area contributed by atoms with Gasteiger partial charge in [-0.25, -0.2) is 0 Å². The molecule has 0 bridgehead atoms.